The van der Waals surface area contributed by atoms with Gasteiger partial charge in [-0.2, -0.15) is 0 Å². The Hall–Kier alpha value is -2.10. The summed E-state index contributed by atoms with van der Waals surface area (Å²) in [6.45, 7) is 4.42. The molecule has 0 saturated heterocycles. The van der Waals surface area contributed by atoms with Crippen LogP contribution in [0.2, 0.25) is 0 Å². The van der Waals surface area contributed by atoms with Gasteiger partial charge in [-0.05, 0) is 89.9 Å². The number of hydrogen-bond donors (Lipinski definition) is 1. The number of unbranched alkanes of at least 4 members (excludes halogenated alkanes) is 16. The minimum atomic E-state index is -0.708. The third-order valence-electron chi connectivity index (χ3n) is 8.03. The third-order valence-corrected chi connectivity index (χ3v) is 8.03. The molecule has 44 heavy (non-hydrogen) atoms. The molecule has 0 aromatic heterocycles. The van der Waals surface area contributed by atoms with Gasteiger partial charge in [0.25, 0.3) is 0 Å². The maximum absolute atomic E-state index is 12.6. The van der Waals surface area contributed by atoms with E-state index in [0.717, 1.165) is 96.3 Å². The predicted octanol–water partition coefficient (Wildman–Crippen LogP) is 12.8. The third kappa shape index (κ3) is 34.4. The lowest BCUT2D eigenvalue weighted by Crippen LogP contribution is -2.18. The summed E-state index contributed by atoms with van der Waals surface area (Å²) in [6, 6.07) is 0. The molecule has 0 aliphatic rings. The molecule has 1 atom stereocenters. The van der Waals surface area contributed by atoms with Crippen molar-refractivity contribution in [2.75, 3.05) is 0 Å². The Morgan fingerprint density at radius 1 is 0.523 bits per heavy atom. The molecule has 0 rings (SSSR count). The quantitative estimate of drug-likeness (QED) is 0.0454. The van der Waals surface area contributed by atoms with Gasteiger partial charge in [-0.25, -0.2) is 0 Å². The van der Waals surface area contributed by atoms with Crippen molar-refractivity contribution in [2.45, 2.75) is 193 Å². The zero-order chi connectivity index (χ0) is 32.2. The van der Waals surface area contributed by atoms with E-state index in [1.165, 1.54) is 64.2 Å². The van der Waals surface area contributed by atoms with Gasteiger partial charge in [-0.1, -0.05) is 133 Å². The van der Waals surface area contributed by atoms with Gasteiger partial charge in [0, 0.05) is 12.8 Å². The van der Waals surface area contributed by atoms with Gasteiger partial charge in [0.2, 0.25) is 0 Å². The molecule has 4 heteroatoms. The first-order chi connectivity index (χ1) is 21.6. The van der Waals surface area contributed by atoms with E-state index in [1.807, 2.05) is 0 Å². The summed E-state index contributed by atoms with van der Waals surface area (Å²) in [5, 5.41) is 8.80. The molecule has 0 saturated carbocycles. The first-order valence-corrected chi connectivity index (χ1v) is 18.6. The molecular formula is C40H70O4. The second-order valence-electron chi connectivity index (χ2n) is 12.4. The van der Waals surface area contributed by atoms with Gasteiger partial charge in [-0.15, -0.1) is 0 Å². The predicted molar refractivity (Wildman–Crippen MR) is 190 cm³/mol. The number of esters is 1. The van der Waals surface area contributed by atoms with Gasteiger partial charge in [-0.3, -0.25) is 9.59 Å². The lowest BCUT2D eigenvalue weighted by atomic mass is 10.0. The minimum Gasteiger partial charge on any atom is -0.481 e. The highest BCUT2D eigenvalue weighted by atomic mass is 16.5. The van der Waals surface area contributed by atoms with Crippen LogP contribution in [-0.4, -0.2) is 23.1 Å². The van der Waals surface area contributed by atoms with Crippen LogP contribution in [0.25, 0.3) is 0 Å². The van der Waals surface area contributed by atoms with Crippen molar-refractivity contribution in [3.63, 3.8) is 0 Å². The summed E-state index contributed by atoms with van der Waals surface area (Å²) < 4.78 is 5.96. The van der Waals surface area contributed by atoms with E-state index in [9.17, 15) is 9.59 Å². The normalized spacial score (nSPS) is 12.8. The Balaban J connectivity index is 4.13. The van der Waals surface area contributed by atoms with Crippen molar-refractivity contribution in [3.05, 3.63) is 48.6 Å². The summed E-state index contributed by atoms with van der Waals surface area (Å²) in [5.41, 5.74) is 0. The summed E-state index contributed by atoms with van der Waals surface area (Å²) in [5.74, 6) is -0.739. The highest BCUT2D eigenvalue weighted by Crippen LogP contribution is 2.17. The fourth-order valence-electron chi connectivity index (χ4n) is 5.32. The molecule has 1 N–H and O–H groups in total. The molecule has 4 nitrogen and oxygen atoms in total. The first kappa shape index (κ1) is 41.9. The number of allylic oxidation sites excluding steroid dienone is 8. The number of rotatable bonds is 33. The van der Waals surface area contributed by atoms with Gasteiger partial charge < -0.3 is 9.84 Å². The number of carboxylic acids is 1. The number of ether oxygens (including phenoxy) is 1. The van der Waals surface area contributed by atoms with Crippen molar-refractivity contribution in [3.8, 4) is 0 Å². The summed E-state index contributed by atoms with van der Waals surface area (Å²) in [6.07, 6.45) is 46.9. The standard InChI is InChI=1S/C40H70O4/c1-3-5-7-9-11-13-15-16-17-18-20-22-24-29-33-37-40(43)44-38(35-31-27-25-28-32-36-39(41)42)34-30-26-23-21-19-14-12-10-8-6-4-2/h5,7,11,13,16-17,21,23,38H,3-4,6,8-10,12,14-15,18-20,22,24-37H2,1-2H3,(H,41,42)/b7-5-,13-11-,17-16-,23-21-. The number of aliphatic carboxylic acids is 1. The molecule has 0 aromatic rings. The number of hydrogen-bond acceptors (Lipinski definition) is 3. The zero-order valence-corrected chi connectivity index (χ0v) is 29.0. The average molecular weight is 615 g/mol. The maximum atomic E-state index is 12.6. The first-order valence-electron chi connectivity index (χ1n) is 18.6. The van der Waals surface area contributed by atoms with Crippen molar-refractivity contribution in [1.82, 2.24) is 0 Å². The number of carboxylic acid groups (broad SMARTS) is 1. The van der Waals surface area contributed by atoms with E-state index in [1.54, 1.807) is 0 Å². The Bertz CT molecular complexity index is 748. The van der Waals surface area contributed by atoms with Crippen LogP contribution in [0.5, 0.6) is 0 Å². The molecule has 0 aromatic carbocycles. The summed E-state index contributed by atoms with van der Waals surface area (Å²) in [4.78, 5) is 23.3. The van der Waals surface area contributed by atoms with Crippen molar-refractivity contribution >= 4 is 11.9 Å². The lowest BCUT2D eigenvalue weighted by Gasteiger charge is -2.18. The maximum Gasteiger partial charge on any atom is 0.306 e. The van der Waals surface area contributed by atoms with Crippen LogP contribution in [0.15, 0.2) is 48.6 Å². The molecule has 0 spiro atoms. The fourth-order valence-corrected chi connectivity index (χ4v) is 5.32. The van der Waals surface area contributed by atoms with E-state index >= 15 is 0 Å². The topological polar surface area (TPSA) is 63.6 Å². The molecular weight excluding hydrogens is 544 g/mol. The van der Waals surface area contributed by atoms with Crippen LogP contribution in [-0.2, 0) is 14.3 Å². The molecule has 0 heterocycles. The lowest BCUT2D eigenvalue weighted by molar-refractivity contribution is -0.150. The molecule has 254 valence electrons. The SMILES string of the molecule is CC/C=C\C/C=C\C/C=C\CCCCCCCC(=O)OC(CCC/C=C\CCCCCCCC)CCCCCCCC(=O)O. The molecule has 0 radical (unpaired) electrons. The Labute approximate surface area is 272 Å². The second kappa shape index (κ2) is 35.4. The highest BCUT2D eigenvalue weighted by molar-refractivity contribution is 5.69. The van der Waals surface area contributed by atoms with Gasteiger partial charge >= 0.3 is 11.9 Å². The fraction of sp³-hybridized carbons (Fsp3) is 0.750. The Morgan fingerprint density at radius 3 is 1.59 bits per heavy atom. The van der Waals surface area contributed by atoms with Crippen LogP contribution in [0.1, 0.15) is 187 Å². The molecule has 0 bridgehead atoms. The molecule has 0 fully saturated rings. The van der Waals surface area contributed by atoms with E-state index in [0.29, 0.717) is 6.42 Å². The number of carbonyl (C=O) groups is 2. The van der Waals surface area contributed by atoms with Crippen molar-refractivity contribution in [1.29, 1.82) is 0 Å². The monoisotopic (exact) mass is 615 g/mol. The van der Waals surface area contributed by atoms with Crippen molar-refractivity contribution < 1.29 is 19.4 Å². The van der Waals surface area contributed by atoms with E-state index in [-0.39, 0.29) is 18.5 Å². The largest absolute Gasteiger partial charge is 0.481 e. The van der Waals surface area contributed by atoms with Gasteiger partial charge in [0.05, 0.1) is 0 Å². The van der Waals surface area contributed by atoms with Crippen LogP contribution in [0, 0.1) is 0 Å². The Kier molecular flexibility index (Phi) is 33.7. The Morgan fingerprint density at radius 2 is 0.977 bits per heavy atom. The van der Waals surface area contributed by atoms with E-state index < -0.39 is 5.97 Å². The zero-order valence-electron chi connectivity index (χ0n) is 29.0. The smallest absolute Gasteiger partial charge is 0.306 e. The van der Waals surface area contributed by atoms with Crippen LogP contribution >= 0.6 is 0 Å². The number of carbonyl (C=O) groups excluding carboxylic acids is 1. The second-order valence-corrected chi connectivity index (χ2v) is 12.4. The summed E-state index contributed by atoms with van der Waals surface area (Å²) in [7, 11) is 0. The van der Waals surface area contributed by atoms with E-state index in [4.69, 9.17) is 9.84 Å². The summed E-state index contributed by atoms with van der Waals surface area (Å²) >= 11 is 0. The van der Waals surface area contributed by atoms with Crippen LogP contribution in [0.4, 0.5) is 0 Å². The highest BCUT2D eigenvalue weighted by Gasteiger charge is 2.14. The van der Waals surface area contributed by atoms with Crippen LogP contribution < -0.4 is 0 Å². The van der Waals surface area contributed by atoms with Gasteiger partial charge in [0.1, 0.15) is 6.10 Å². The van der Waals surface area contributed by atoms with E-state index in [2.05, 4.69) is 62.5 Å². The minimum absolute atomic E-state index is 0.0166. The van der Waals surface area contributed by atoms with Crippen molar-refractivity contribution in [2.24, 2.45) is 0 Å². The average Bonchev–Trinajstić information content (AvgIpc) is 3.00. The molecule has 0 aliphatic carbocycles. The van der Waals surface area contributed by atoms with Crippen LogP contribution in [0.3, 0.4) is 0 Å². The molecule has 0 aliphatic heterocycles. The molecule has 0 amide bonds. The molecule has 1 unspecified atom stereocenters. The van der Waals surface area contributed by atoms with Gasteiger partial charge in [0.15, 0.2) is 0 Å².